The van der Waals surface area contributed by atoms with Gasteiger partial charge in [-0.3, -0.25) is 4.79 Å². The molecule has 8 heteroatoms. The van der Waals surface area contributed by atoms with Gasteiger partial charge in [0.1, 0.15) is 17.3 Å². The number of halogens is 2. The minimum Gasteiger partial charge on any atom is -0.466 e. The fraction of sp³-hybridized carbons (Fsp3) is 0.682. The van der Waals surface area contributed by atoms with E-state index in [0.29, 0.717) is 25.2 Å². The molecule has 2 heterocycles. The van der Waals surface area contributed by atoms with Crippen molar-refractivity contribution >= 4 is 24.2 Å². The quantitative estimate of drug-likeness (QED) is 0.551. The Morgan fingerprint density at radius 2 is 1.67 bits per heavy atom. The minimum atomic E-state index is -0.811. The van der Waals surface area contributed by atoms with Crippen molar-refractivity contribution in [1.29, 1.82) is 0 Å². The second-order valence-electron chi connectivity index (χ2n) is 9.78. The van der Waals surface area contributed by atoms with Crippen LogP contribution >= 0.6 is 0 Å². The van der Waals surface area contributed by atoms with Crippen LogP contribution in [0.15, 0.2) is 12.1 Å². The Bertz CT molecular complexity index is 813. The van der Waals surface area contributed by atoms with E-state index in [1.165, 1.54) is 12.1 Å². The maximum Gasteiger partial charge on any atom is 0.495 e. The lowest BCUT2D eigenvalue weighted by Crippen LogP contribution is -2.41. The average molecular weight is 421 g/mol. The van der Waals surface area contributed by atoms with Gasteiger partial charge in [0.15, 0.2) is 0 Å². The van der Waals surface area contributed by atoms with Gasteiger partial charge in [-0.05, 0) is 76.9 Å². The SMILES string of the molecule is CCOC(=O)C1CC12CCN(c1c(F)cc(B3OC(C)(C)C(C)(C)O3)cc1F)CC2. The highest BCUT2D eigenvalue weighted by molar-refractivity contribution is 6.62. The molecule has 0 N–H and O–H groups in total. The number of carbonyl (C=O) groups is 1. The molecule has 0 aromatic heterocycles. The van der Waals surface area contributed by atoms with Crippen LogP contribution in [0.4, 0.5) is 14.5 Å². The van der Waals surface area contributed by atoms with Gasteiger partial charge in [-0.2, -0.15) is 0 Å². The molecule has 1 aromatic carbocycles. The Balaban J connectivity index is 1.46. The molecule has 30 heavy (non-hydrogen) atoms. The van der Waals surface area contributed by atoms with E-state index in [-0.39, 0.29) is 23.0 Å². The highest BCUT2D eigenvalue weighted by atomic mass is 19.1. The summed E-state index contributed by atoms with van der Waals surface area (Å²) >= 11 is 0. The van der Waals surface area contributed by atoms with E-state index < -0.39 is 30.0 Å². The third-order valence-corrected chi connectivity index (χ3v) is 7.40. The van der Waals surface area contributed by atoms with E-state index in [1.807, 2.05) is 27.7 Å². The molecule has 1 aromatic rings. The Kier molecular flexibility index (Phi) is 5.17. The minimum absolute atomic E-state index is 0.0153. The van der Waals surface area contributed by atoms with Crippen molar-refractivity contribution < 1.29 is 27.6 Å². The smallest absolute Gasteiger partial charge is 0.466 e. The van der Waals surface area contributed by atoms with Crippen molar-refractivity contribution in [3.63, 3.8) is 0 Å². The van der Waals surface area contributed by atoms with Gasteiger partial charge < -0.3 is 18.9 Å². The summed E-state index contributed by atoms with van der Waals surface area (Å²) in [6, 6.07) is 2.62. The van der Waals surface area contributed by atoms with Gasteiger partial charge in [-0.15, -0.1) is 0 Å². The Hall–Kier alpha value is -1.67. The standard InChI is InChI=1S/C22H30BF2NO4/c1-6-28-19(27)15-13-22(15)7-9-26(10-8-22)18-16(24)11-14(12-17(18)25)23-29-20(2,3)21(4,5)30-23/h11-12,15H,6-10,13H2,1-5H3. The van der Waals surface area contributed by atoms with Crippen molar-refractivity contribution in [3.8, 4) is 0 Å². The number of anilines is 1. The molecule has 0 bridgehead atoms. The maximum atomic E-state index is 15.0. The summed E-state index contributed by atoms with van der Waals surface area (Å²) in [7, 11) is -0.811. The zero-order valence-corrected chi connectivity index (χ0v) is 18.4. The number of rotatable bonds is 4. The summed E-state index contributed by atoms with van der Waals surface area (Å²) in [6.45, 7) is 10.8. The molecule has 4 rings (SSSR count). The van der Waals surface area contributed by atoms with Crippen LogP contribution < -0.4 is 10.4 Å². The number of esters is 1. The highest BCUT2D eigenvalue weighted by Crippen LogP contribution is 2.60. The van der Waals surface area contributed by atoms with Crippen LogP contribution in [0, 0.1) is 23.0 Å². The molecule has 2 aliphatic heterocycles. The normalized spacial score (nSPS) is 26.2. The zero-order valence-electron chi connectivity index (χ0n) is 18.4. The van der Waals surface area contributed by atoms with Crippen LogP contribution in [0.25, 0.3) is 0 Å². The average Bonchev–Trinajstić information content (AvgIpc) is 3.29. The topological polar surface area (TPSA) is 48.0 Å². The van der Waals surface area contributed by atoms with Crippen molar-refractivity contribution in [2.75, 3.05) is 24.6 Å². The predicted octanol–water partition coefficient (Wildman–Crippen LogP) is 3.43. The fourth-order valence-electron chi connectivity index (χ4n) is 4.65. The van der Waals surface area contributed by atoms with Gasteiger partial charge >= 0.3 is 13.1 Å². The van der Waals surface area contributed by atoms with Crippen molar-refractivity contribution in [3.05, 3.63) is 23.8 Å². The highest BCUT2D eigenvalue weighted by Gasteiger charge is 2.59. The first kappa shape index (κ1) is 21.6. The van der Waals surface area contributed by atoms with Gasteiger partial charge in [0.2, 0.25) is 0 Å². The lowest BCUT2D eigenvalue weighted by atomic mass is 9.78. The maximum absolute atomic E-state index is 15.0. The number of nitrogens with zero attached hydrogens (tertiary/aromatic N) is 1. The van der Waals surface area contributed by atoms with E-state index in [1.54, 1.807) is 11.8 Å². The first-order chi connectivity index (χ1) is 14.0. The molecule has 164 valence electrons. The molecule has 0 radical (unpaired) electrons. The molecule has 1 atom stereocenters. The number of hydrogen-bond donors (Lipinski definition) is 0. The molecular weight excluding hydrogens is 391 g/mol. The number of piperidine rings is 1. The third-order valence-electron chi connectivity index (χ3n) is 7.40. The van der Waals surface area contributed by atoms with Crippen molar-refractivity contribution in [2.45, 2.75) is 65.1 Å². The fourth-order valence-corrected chi connectivity index (χ4v) is 4.65. The third kappa shape index (κ3) is 3.52. The van der Waals surface area contributed by atoms with Crippen LogP contribution in [0.2, 0.25) is 0 Å². The number of hydrogen-bond acceptors (Lipinski definition) is 5. The Morgan fingerprint density at radius 3 is 2.17 bits per heavy atom. The van der Waals surface area contributed by atoms with Gasteiger partial charge in [0.25, 0.3) is 0 Å². The van der Waals surface area contributed by atoms with Crippen molar-refractivity contribution in [2.24, 2.45) is 11.3 Å². The summed E-state index contributed by atoms with van der Waals surface area (Å²) in [5, 5.41) is 0. The zero-order chi connectivity index (χ0) is 21.9. The molecule has 5 nitrogen and oxygen atoms in total. The number of ether oxygens (including phenoxy) is 1. The first-order valence-corrected chi connectivity index (χ1v) is 10.8. The molecule has 2 saturated heterocycles. The van der Waals surface area contributed by atoms with E-state index in [4.69, 9.17) is 14.0 Å². The van der Waals surface area contributed by atoms with Gasteiger partial charge in [0, 0.05) is 13.1 Å². The monoisotopic (exact) mass is 421 g/mol. The molecule has 0 amide bonds. The summed E-state index contributed by atoms with van der Waals surface area (Å²) in [4.78, 5) is 13.8. The second kappa shape index (κ2) is 7.19. The predicted molar refractivity (Wildman–Crippen MR) is 111 cm³/mol. The van der Waals surface area contributed by atoms with Crippen molar-refractivity contribution in [1.82, 2.24) is 0 Å². The lowest BCUT2D eigenvalue weighted by Gasteiger charge is -2.34. The molecule has 1 unspecified atom stereocenters. The molecular formula is C22H30BF2NO4. The van der Waals surface area contributed by atoms with Gasteiger partial charge in [0.05, 0.1) is 23.7 Å². The summed E-state index contributed by atoms with van der Waals surface area (Å²) in [6.07, 6.45) is 2.27. The van der Waals surface area contributed by atoms with E-state index in [0.717, 1.165) is 19.3 Å². The van der Waals surface area contributed by atoms with Crippen LogP contribution in [-0.2, 0) is 18.8 Å². The van der Waals surface area contributed by atoms with Crippen LogP contribution in [0.3, 0.4) is 0 Å². The van der Waals surface area contributed by atoms with Crippen LogP contribution in [-0.4, -0.2) is 44.0 Å². The first-order valence-electron chi connectivity index (χ1n) is 10.8. The second-order valence-corrected chi connectivity index (χ2v) is 9.78. The van der Waals surface area contributed by atoms with E-state index in [9.17, 15) is 13.6 Å². The molecule has 1 aliphatic carbocycles. The van der Waals surface area contributed by atoms with Crippen LogP contribution in [0.1, 0.15) is 53.9 Å². The number of benzene rings is 1. The molecule has 3 fully saturated rings. The lowest BCUT2D eigenvalue weighted by molar-refractivity contribution is -0.145. The molecule has 3 aliphatic rings. The van der Waals surface area contributed by atoms with Crippen LogP contribution in [0.5, 0.6) is 0 Å². The Labute approximate surface area is 177 Å². The largest absolute Gasteiger partial charge is 0.495 e. The van der Waals surface area contributed by atoms with E-state index in [2.05, 4.69) is 0 Å². The molecule has 1 saturated carbocycles. The summed E-state index contributed by atoms with van der Waals surface area (Å²) < 4.78 is 46.9. The number of carbonyl (C=O) groups excluding carboxylic acids is 1. The summed E-state index contributed by atoms with van der Waals surface area (Å²) in [5.74, 6) is -1.45. The molecule has 1 spiro atoms. The van der Waals surface area contributed by atoms with Gasteiger partial charge in [-0.1, -0.05) is 0 Å². The van der Waals surface area contributed by atoms with E-state index >= 15 is 0 Å². The summed E-state index contributed by atoms with van der Waals surface area (Å²) in [5.41, 5.74) is -0.892. The Morgan fingerprint density at radius 1 is 1.13 bits per heavy atom. The van der Waals surface area contributed by atoms with Gasteiger partial charge in [-0.25, -0.2) is 8.78 Å².